The van der Waals surface area contributed by atoms with E-state index in [2.05, 4.69) is 0 Å². The van der Waals surface area contributed by atoms with Crippen LogP contribution in [0.4, 0.5) is 30.7 Å². The molecule has 0 aliphatic heterocycles. The van der Waals surface area contributed by atoms with Gasteiger partial charge >= 0.3 is 12.4 Å². The average molecular weight is 468 g/mol. The smallest absolute Gasteiger partial charge is 0.206 e. The first-order valence-electron chi connectivity index (χ1n) is 10.4. The van der Waals surface area contributed by atoms with E-state index in [1.54, 1.807) is 13.8 Å². The van der Waals surface area contributed by atoms with Crippen LogP contribution in [0.3, 0.4) is 0 Å². The van der Waals surface area contributed by atoms with E-state index in [1.165, 1.54) is 31.2 Å². The van der Waals surface area contributed by atoms with Crippen molar-refractivity contribution in [2.75, 3.05) is 0 Å². The van der Waals surface area contributed by atoms with E-state index in [0.717, 1.165) is 18.2 Å². The Labute approximate surface area is 188 Å². The first-order chi connectivity index (χ1) is 15.3. The van der Waals surface area contributed by atoms with Crippen LogP contribution in [-0.4, -0.2) is 0 Å². The highest BCUT2D eigenvalue weighted by atomic mass is 19.4. The molecule has 0 spiro atoms. The molecular formula is C26H23F7. The second-order valence-electron chi connectivity index (χ2n) is 8.22. The molecule has 0 saturated heterocycles. The van der Waals surface area contributed by atoms with Gasteiger partial charge in [0.1, 0.15) is 5.82 Å². The lowest BCUT2D eigenvalue weighted by molar-refractivity contribution is -0.138. The van der Waals surface area contributed by atoms with Crippen molar-refractivity contribution in [3.8, 4) is 22.3 Å². The SMILES string of the molecule is CCCc1cc(-c2cc(C)ccc2C(F)(F)F)c(C)c(F)c1-c1cc(C(F)(F)F)ccc1C. The Morgan fingerprint density at radius 3 is 1.97 bits per heavy atom. The lowest BCUT2D eigenvalue weighted by Gasteiger charge is -2.21. The lowest BCUT2D eigenvalue weighted by atomic mass is 9.85. The zero-order chi connectivity index (χ0) is 24.7. The largest absolute Gasteiger partial charge is 0.417 e. The van der Waals surface area contributed by atoms with Crippen LogP contribution >= 0.6 is 0 Å². The van der Waals surface area contributed by atoms with Crippen molar-refractivity contribution in [3.63, 3.8) is 0 Å². The van der Waals surface area contributed by atoms with Crippen LogP contribution in [0.2, 0.25) is 0 Å². The molecule has 3 aromatic carbocycles. The van der Waals surface area contributed by atoms with Gasteiger partial charge in [-0.15, -0.1) is 0 Å². The number of rotatable bonds is 4. The van der Waals surface area contributed by atoms with E-state index in [-0.39, 0.29) is 27.8 Å². The topological polar surface area (TPSA) is 0 Å². The molecule has 0 aromatic heterocycles. The zero-order valence-electron chi connectivity index (χ0n) is 18.6. The van der Waals surface area contributed by atoms with Crippen LogP contribution in [0, 0.1) is 26.6 Å². The predicted octanol–water partition coefficient (Wildman–Crippen LogP) is 9.08. The molecule has 33 heavy (non-hydrogen) atoms. The summed E-state index contributed by atoms with van der Waals surface area (Å²) in [4.78, 5) is 0. The molecular weight excluding hydrogens is 445 g/mol. The maximum absolute atomic E-state index is 15.8. The van der Waals surface area contributed by atoms with Crippen molar-refractivity contribution in [2.45, 2.75) is 52.9 Å². The number of hydrogen-bond donors (Lipinski definition) is 0. The molecule has 3 rings (SSSR count). The highest BCUT2D eigenvalue weighted by Gasteiger charge is 2.35. The Morgan fingerprint density at radius 1 is 0.727 bits per heavy atom. The molecule has 0 aliphatic carbocycles. The van der Waals surface area contributed by atoms with Gasteiger partial charge in [-0.2, -0.15) is 26.3 Å². The molecule has 0 radical (unpaired) electrons. The van der Waals surface area contributed by atoms with E-state index in [4.69, 9.17) is 0 Å². The van der Waals surface area contributed by atoms with Crippen molar-refractivity contribution in [1.82, 2.24) is 0 Å². The molecule has 0 atom stereocenters. The van der Waals surface area contributed by atoms with Crippen LogP contribution in [0.5, 0.6) is 0 Å². The maximum atomic E-state index is 15.8. The Hall–Kier alpha value is -2.83. The van der Waals surface area contributed by atoms with Crippen molar-refractivity contribution in [2.24, 2.45) is 0 Å². The minimum Gasteiger partial charge on any atom is -0.206 e. The molecule has 3 aromatic rings. The average Bonchev–Trinajstić information content (AvgIpc) is 2.70. The van der Waals surface area contributed by atoms with E-state index in [1.807, 2.05) is 6.92 Å². The molecule has 7 heteroatoms. The Kier molecular flexibility index (Phi) is 6.65. The summed E-state index contributed by atoms with van der Waals surface area (Å²) in [5.41, 5.74) is -0.436. The Morgan fingerprint density at radius 2 is 1.39 bits per heavy atom. The third-order valence-electron chi connectivity index (χ3n) is 5.72. The van der Waals surface area contributed by atoms with Crippen LogP contribution in [0.25, 0.3) is 22.3 Å². The van der Waals surface area contributed by atoms with Gasteiger partial charge in [0.25, 0.3) is 0 Å². The quantitative estimate of drug-likeness (QED) is 0.335. The molecule has 0 unspecified atom stereocenters. The van der Waals surface area contributed by atoms with Gasteiger partial charge in [-0.25, -0.2) is 4.39 Å². The van der Waals surface area contributed by atoms with Crippen LogP contribution in [0.1, 0.15) is 46.7 Å². The minimum atomic E-state index is -4.65. The van der Waals surface area contributed by atoms with Gasteiger partial charge in [0, 0.05) is 5.56 Å². The summed E-state index contributed by atoms with van der Waals surface area (Å²) in [5, 5.41) is 0. The molecule has 0 fully saturated rings. The van der Waals surface area contributed by atoms with Gasteiger partial charge < -0.3 is 0 Å². The van der Waals surface area contributed by atoms with Crippen molar-refractivity contribution < 1.29 is 30.7 Å². The van der Waals surface area contributed by atoms with E-state index in [9.17, 15) is 26.3 Å². The fourth-order valence-corrected chi connectivity index (χ4v) is 4.03. The fourth-order valence-electron chi connectivity index (χ4n) is 4.03. The molecule has 0 bridgehead atoms. The van der Waals surface area contributed by atoms with Crippen molar-refractivity contribution in [3.05, 3.63) is 81.7 Å². The highest BCUT2D eigenvalue weighted by molar-refractivity contribution is 5.80. The number of aryl methyl sites for hydroxylation is 3. The zero-order valence-corrected chi connectivity index (χ0v) is 18.6. The standard InChI is InChI=1S/C26H23F7/c1-5-6-17-12-20(21-11-14(2)7-10-22(21)26(31,32)33)16(4)24(27)23(17)19-13-18(25(28,29)30)9-8-15(19)3/h7-13H,5-6H2,1-4H3. The van der Waals surface area contributed by atoms with E-state index < -0.39 is 29.3 Å². The third kappa shape index (κ3) is 4.92. The monoisotopic (exact) mass is 468 g/mol. The summed E-state index contributed by atoms with van der Waals surface area (Å²) in [6.07, 6.45) is -8.43. The number of alkyl halides is 6. The van der Waals surface area contributed by atoms with Crippen LogP contribution in [0.15, 0.2) is 42.5 Å². The summed E-state index contributed by atoms with van der Waals surface area (Å²) < 4.78 is 96.9. The summed E-state index contributed by atoms with van der Waals surface area (Å²) in [5.74, 6) is -0.812. The van der Waals surface area contributed by atoms with Crippen LogP contribution < -0.4 is 0 Å². The summed E-state index contributed by atoms with van der Waals surface area (Å²) in [6.45, 7) is 6.39. The highest BCUT2D eigenvalue weighted by Crippen LogP contribution is 2.43. The Bertz CT molecular complexity index is 1180. The van der Waals surface area contributed by atoms with Crippen LogP contribution in [-0.2, 0) is 18.8 Å². The van der Waals surface area contributed by atoms with Gasteiger partial charge in [-0.05, 0) is 78.8 Å². The summed E-state index contributed by atoms with van der Waals surface area (Å²) in [7, 11) is 0. The summed E-state index contributed by atoms with van der Waals surface area (Å²) >= 11 is 0. The number of benzene rings is 3. The second-order valence-corrected chi connectivity index (χ2v) is 8.22. The van der Waals surface area contributed by atoms with Gasteiger partial charge in [0.2, 0.25) is 0 Å². The molecule has 0 N–H and O–H groups in total. The lowest BCUT2D eigenvalue weighted by Crippen LogP contribution is -2.09. The first kappa shape index (κ1) is 24.8. The number of hydrogen-bond acceptors (Lipinski definition) is 0. The molecule has 0 aliphatic rings. The predicted molar refractivity (Wildman–Crippen MR) is 115 cm³/mol. The first-order valence-corrected chi connectivity index (χ1v) is 10.4. The summed E-state index contributed by atoms with van der Waals surface area (Å²) in [6, 6.07) is 8.26. The van der Waals surface area contributed by atoms with Crippen molar-refractivity contribution >= 4 is 0 Å². The second kappa shape index (κ2) is 8.84. The van der Waals surface area contributed by atoms with Gasteiger partial charge in [0.05, 0.1) is 11.1 Å². The number of halogens is 7. The van der Waals surface area contributed by atoms with Gasteiger partial charge in [-0.1, -0.05) is 43.2 Å². The molecule has 176 valence electrons. The van der Waals surface area contributed by atoms with Gasteiger partial charge in [-0.3, -0.25) is 0 Å². The minimum absolute atomic E-state index is 0.00270. The molecule has 0 nitrogen and oxygen atoms in total. The fraction of sp³-hybridized carbons (Fsp3) is 0.308. The van der Waals surface area contributed by atoms with Gasteiger partial charge in [0.15, 0.2) is 0 Å². The van der Waals surface area contributed by atoms with Crippen molar-refractivity contribution in [1.29, 1.82) is 0 Å². The molecule has 0 heterocycles. The molecule has 0 amide bonds. The maximum Gasteiger partial charge on any atom is 0.417 e. The normalized spacial score (nSPS) is 12.3. The third-order valence-corrected chi connectivity index (χ3v) is 5.72. The molecule has 0 saturated carbocycles. The van der Waals surface area contributed by atoms with E-state index >= 15 is 4.39 Å². The Balaban J connectivity index is 2.36. The van der Waals surface area contributed by atoms with E-state index in [0.29, 0.717) is 29.5 Å².